The van der Waals surface area contributed by atoms with E-state index in [-0.39, 0.29) is 17.6 Å². The van der Waals surface area contributed by atoms with Crippen LogP contribution in [0.5, 0.6) is 0 Å². The number of hydrogen-bond donors (Lipinski definition) is 1. The van der Waals surface area contributed by atoms with Gasteiger partial charge in [-0.2, -0.15) is 0 Å². The number of amides is 1. The number of fused-ring (bicyclic) bond motifs is 1. The van der Waals surface area contributed by atoms with Crippen LogP contribution in [0, 0.1) is 11.7 Å². The third-order valence-electron chi connectivity index (χ3n) is 3.88. The Morgan fingerprint density at radius 3 is 3.10 bits per heavy atom. The normalized spacial score (nSPS) is 18.9. The molecule has 1 aromatic carbocycles. The maximum atomic E-state index is 13.5. The minimum Gasteiger partial charge on any atom is -0.370 e. The van der Waals surface area contributed by atoms with Gasteiger partial charge in [-0.15, -0.1) is 0 Å². The first-order valence-corrected chi connectivity index (χ1v) is 7.07. The van der Waals surface area contributed by atoms with Crippen molar-refractivity contribution >= 4 is 22.6 Å². The Hall–Kier alpha value is -2.24. The van der Waals surface area contributed by atoms with E-state index in [4.69, 9.17) is 5.73 Å². The molecule has 2 aromatic rings. The Bertz CT molecular complexity index is 676. The van der Waals surface area contributed by atoms with Crippen molar-refractivity contribution in [2.24, 2.45) is 11.7 Å². The van der Waals surface area contributed by atoms with Crippen LogP contribution in [0.1, 0.15) is 19.3 Å². The van der Waals surface area contributed by atoms with E-state index in [0.717, 1.165) is 30.7 Å². The Kier molecular flexibility index (Phi) is 3.68. The zero-order chi connectivity index (χ0) is 14.8. The molecule has 0 radical (unpaired) electrons. The van der Waals surface area contributed by atoms with Crippen molar-refractivity contribution in [1.29, 1.82) is 0 Å². The molecular weight excluding hydrogens is 271 g/mol. The van der Waals surface area contributed by atoms with E-state index in [1.54, 1.807) is 6.07 Å². The molecule has 21 heavy (non-hydrogen) atoms. The molecule has 5 nitrogen and oxygen atoms in total. The zero-order valence-electron chi connectivity index (χ0n) is 11.6. The van der Waals surface area contributed by atoms with Crippen LogP contribution in [0.25, 0.3) is 10.9 Å². The Balaban J connectivity index is 1.92. The second-order valence-corrected chi connectivity index (χ2v) is 5.48. The van der Waals surface area contributed by atoms with Crippen molar-refractivity contribution in [2.45, 2.75) is 19.3 Å². The standard InChI is InChI=1S/C15H17FN4O/c16-11-3-4-13-12(7-11)15(19-9-18-13)20-5-1-2-10(8-20)6-14(17)21/h3-4,7,9-10H,1-2,5-6,8H2,(H2,17,21). The minimum atomic E-state index is -0.302. The number of halogens is 1. The first kappa shape index (κ1) is 13.7. The summed E-state index contributed by atoms with van der Waals surface area (Å²) in [4.78, 5) is 21.7. The topological polar surface area (TPSA) is 72.1 Å². The summed E-state index contributed by atoms with van der Waals surface area (Å²) in [5.41, 5.74) is 6.01. The number of nitrogens with two attached hydrogens (primary N) is 1. The molecule has 0 bridgehead atoms. The van der Waals surface area contributed by atoms with Crippen LogP contribution in [0.15, 0.2) is 24.5 Å². The molecule has 2 N–H and O–H groups in total. The number of anilines is 1. The molecule has 3 rings (SSSR count). The van der Waals surface area contributed by atoms with Gasteiger partial charge in [-0.05, 0) is 37.0 Å². The monoisotopic (exact) mass is 288 g/mol. The summed E-state index contributed by atoms with van der Waals surface area (Å²) in [6.45, 7) is 1.56. The molecule has 1 atom stereocenters. The smallest absolute Gasteiger partial charge is 0.217 e. The molecule has 2 heterocycles. The average Bonchev–Trinajstić information content (AvgIpc) is 2.46. The number of carbonyl (C=O) groups excluding carboxylic acids is 1. The van der Waals surface area contributed by atoms with Crippen LogP contribution in [0.2, 0.25) is 0 Å². The van der Waals surface area contributed by atoms with E-state index < -0.39 is 0 Å². The fourth-order valence-electron chi connectivity index (χ4n) is 2.98. The highest BCUT2D eigenvalue weighted by atomic mass is 19.1. The molecule has 0 saturated carbocycles. The quantitative estimate of drug-likeness (QED) is 0.935. The second-order valence-electron chi connectivity index (χ2n) is 5.48. The molecule has 1 aliphatic rings. The van der Waals surface area contributed by atoms with Crippen LogP contribution in [0.3, 0.4) is 0 Å². The average molecular weight is 288 g/mol. The van der Waals surface area contributed by atoms with Gasteiger partial charge in [0.25, 0.3) is 0 Å². The van der Waals surface area contributed by atoms with Crippen molar-refractivity contribution in [3.05, 3.63) is 30.3 Å². The summed E-state index contributed by atoms with van der Waals surface area (Å²) in [6, 6.07) is 4.51. The van der Waals surface area contributed by atoms with Gasteiger partial charge in [0.15, 0.2) is 0 Å². The first-order chi connectivity index (χ1) is 10.1. The number of nitrogens with zero attached hydrogens (tertiary/aromatic N) is 3. The summed E-state index contributed by atoms with van der Waals surface area (Å²) in [5, 5.41) is 0.706. The van der Waals surface area contributed by atoms with Gasteiger partial charge in [-0.25, -0.2) is 14.4 Å². The van der Waals surface area contributed by atoms with Crippen LogP contribution in [-0.2, 0) is 4.79 Å². The van der Waals surface area contributed by atoms with Gasteiger partial charge in [0.1, 0.15) is 18.0 Å². The van der Waals surface area contributed by atoms with Crippen molar-refractivity contribution in [3.8, 4) is 0 Å². The summed E-state index contributed by atoms with van der Waals surface area (Å²) < 4.78 is 13.5. The number of benzene rings is 1. The zero-order valence-corrected chi connectivity index (χ0v) is 11.6. The predicted molar refractivity (Wildman–Crippen MR) is 78.2 cm³/mol. The maximum absolute atomic E-state index is 13.5. The van der Waals surface area contributed by atoms with Gasteiger partial charge in [0, 0.05) is 24.9 Å². The third-order valence-corrected chi connectivity index (χ3v) is 3.88. The lowest BCUT2D eigenvalue weighted by Gasteiger charge is -2.33. The van der Waals surface area contributed by atoms with Gasteiger partial charge in [0.2, 0.25) is 5.91 Å². The lowest BCUT2D eigenvalue weighted by atomic mass is 9.94. The Morgan fingerprint density at radius 2 is 2.29 bits per heavy atom. The lowest BCUT2D eigenvalue weighted by Crippen LogP contribution is -2.37. The molecule has 1 aromatic heterocycles. The molecule has 110 valence electrons. The summed E-state index contributed by atoms with van der Waals surface area (Å²) in [7, 11) is 0. The highest BCUT2D eigenvalue weighted by molar-refractivity contribution is 5.89. The van der Waals surface area contributed by atoms with Gasteiger partial charge >= 0.3 is 0 Å². The second kappa shape index (κ2) is 5.63. The van der Waals surface area contributed by atoms with E-state index in [1.165, 1.54) is 18.5 Å². The highest BCUT2D eigenvalue weighted by Crippen LogP contribution is 2.28. The van der Waals surface area contributed by atoms with Crippen LogP contribution in [0.4, 0.5) is 10.2 Å². The summed E-state index contributed by atoms with van der Waals surface area (Å²) in [5.74, 6) is 0.383. The van der Waals surface area contributed by atoms with E-state index in [0.29, 0.717) is 18.4 Å². The molecule has 1 saturated heterocycles. The van der Waals surface area contributed by atoms with Gasteiger partial charge in [-0.1, -0.05) is 0 Å². The van der Waals surface area contributed by atoms with E-state index in [2.05, 4.69) is 14.9 Å². The maximum Gasteiger partial charge on any atom is 0.217 e. The number of aromatic nitrogens is 2. The predicted octanol–water partition coefficient (Wildman–Crippen LogP) is 1.86. The molecule has 0 aliphatic carbocycles. The molecule has 1 aliphatic heterocycles. The first-order valence-electron chi connectivity index (χ1n) is 7.07. The number of rotatable bonds is 3. The van der Waals surface area contributed by atoms with Crippen LogP contribution in [-0.4, -0.2) is 29.0 Å². The van der Waals surface area contributed by atoms with E-state index >= 15 is 0 Å². The van der Waals surface area contributed by atoms with Crippen molar-refractivity contribution in [3.63, 3.8) is 0 Å². The SMILES string of the molecule is NC(=O)CC1CCCN(c2ncnc3ccc(F)cc23)C1. The molecule has 1 fully saturated rings. The highest BCUT2D eigenvalue weighted by Gasteiger charge is 2.23. The molecular formula is C15H17FN4O. The van der Waals surface area contributed by atoms with E-state index in [9.17, 15) is 9.18 Å². The molecule has 1 amide bonds. The summed E-state index contributed by atoms with van der Waals surface area (Å²) >= 11 is 0. The molecule has 6 heteroatoms. The third kappa shape index (κ3) is 2.94. The van der Waals surface area contributed by atoms with Crippen molar-refractivity contribution in [1.82, 2.24) is 9.97 Å². The number of hydrogen-bond acceptors (Lipinski definition) is 4. The Labute approximate surface area is 122 Å². The fraction of sp³-hybridized carbons (Fsp3) is 0.400. The van der Waals surface area contributed by atoms with E-state index in [1.807, 2.05) is 0 Å². The number of piperidine rings is 1. The largest absolute Gasteiger partial charge is 0.370 e. The Morgan fingerprint density at radius 1 is 1.43 bits per heavy atom. The minimum absolute atomic E-state index is 0.231. The van der Waals surface area contributed by atoms with Crippen LogP contribution < -0.4 is 10.6 Å². The molecule has 1 unspecified atom stereocenters. The van der Waals surface area contributed by atoms with Gasteiger partial charge in [0.05, 0.1) is 5.52 Å². The van der Waals surface area contributed by atoms with Crippen molar-refractivity contribution in [2.75, 3.05) is 18.0 Å². The lowest BCUT2D eigenvalue weighted by molar-refractivity contribution is -0.118. The van der Waals surface area contributed by atoms with Crippen LogP contribution >= 0.6 is 0 Å². The number of primary amides is 1. The van der Waals surface area contributed by atoms with Gasteiger partial charge < -0.3 is 10.6 Å². The van der Waals surface area contributed by atoms with Crippen molar-refractivity contribution < 1.29 is 9.18 Å². The van der Waals surface area contributed by atoms with Gasteiger partial charge in [-0.3, -0.25) is 4.79 Å². The molecule has 0 spiro atoms. The number of carbonyl (C=O) groups is 1. The fourth-order valence-corrected chi connectivity index (χ4v) is 2.98. The summed E-state index contributed by atoms with van der Waals surface area (Å²) in [6.07, 6.45) is 3.83.